The number of rotatable bonds is 7. The minimum absolute atomic E-state index is 0. The third-order valence-electron chi connectivity index (χ3n) is 4.42. The molecule has 1 unspecified atom stereocenters. The van der Waals surface area contributed by atoms with Gasteiger partial charge < -0.3 is 19.7 Å². The number of unbranched alkanes of at least 4 members (excludes halogenated alkanes) is 1. The van der Waals surface area contributed by atoms with E-state index in [1.807, 2.05) is 7.05 Å². The summed E-state index contributed by atoms with van der Waals surface area (Å²) in [6, 6.07) is 0. The van der Waals surface area contributed by atoms with Gasteiger partial charge in [-0.2, -0.15) is 0 Å². The van der Waals surface area contributed by atoms with E-state index in [1.165, 1.54) is 25.8 Å². The van der Waals surface area contributed by atoms with Gasteiger partial charge >= 0.3 is 0 Å². The Balaban J connectivity index is 0.00000264. The molecule has 0 bridgehead atoms. The number of halogens is 1. The molecule has 2 fully saturated rings. The fraction of sp³-hybridized carbons (Fsp3) is 0.938. The van der Waals surface area contributed by atoms with E-state index in [4.69, 9.17) is 9.47 Å². The summed E-state index contributed by atoms with van der Waals surface area (Å²) in [7, 11) is 3.97. The van der Waals surface area contributed by atoms with Crippen LogP contribution in [0.3, 0.4) is 0 Å². The van der Waals surface area contributed by atoms with Crippen LogP contribution in [0.2, 0.25) is 0 Å². The van der Waals surface area contributed by atoms with Crippen LogP contribution >= 0.6 is 24.0 Å². The quantitative estimate of drug-likeness (QED) is 0.280. The van der Waals surface area contributed by atoms with Crippen molar-refractivity contribution < 1.29 is 9.47 Å². The second kappa shape index (κ2) is 12.3. The summed E-state index contributed by atoms with van der Waals surface area (Å²) < 4.78 is 10.8. The van der Waals surface area contributed by atoms with Crippen LogP contribution in [-0.4, -0.2) is 89.0 Å². The number of hydrogen-bond donors (Lipinski definition) is 1. The molecule has 23 heavy (non-hydrogen) atoms. The molecule has 2 saturated heterocycles. The van der Waals surface area contributed by atoms with Crippen LogP contribution in [0.1, 0.15) is 19.3 Å². The average Bonchev–Trinajstić information content (AvgIpc) is 3.04. The van der Waals surface area contributed by atoms with Gasteiger partial charge in [0.2, 0.25) is 0 Å². The molecule has 0 aromatic carbocycles. The van der Waals surface area contributed by atoms with Crippen LogP contribution in [0.5, 0.6) is 0 Å². The number of nitrogens with one attached hydrogen (secondary N) is 1. The van der Waals surface area contributed by atoms with Gasteiger partial charge in [-0.3, -0.25) is 9.89 Å². The fourth-order valence-corrected chi connectivity index (χ4v) is 3.07. The van der Waals surface area contributed by atoms with Gasteiger partial charge in [0, 0.05) is 52.8 Å². The van der Waals surface area contributed by atoms with Crippen molar-refractivity contribution in [2.24, 2.45) is 10.9 Å². The Hall–Kier alpha value is -0.120. The minimum atomic E-state index is 0. The Morgan fingerprint density at radius 1 is 1.22 bits per heavy atom. The summed E-state index contributed by atoms with van der Waals surface area (Å²) in [6.07, 6.45) is 3.57. The van der Waals surface area contributed by atoms with E-state index in [1.54, 1.807) is 0 Å². The smallest absolute Gasteiger partial charge is 0.193 e. The number of ether oxygens (including phenoxy) is 2. The largest absolute Gasteiger partial charge is 0.381 e. The van der Waals surface area contributed by atoms with E-state index in [0.29, 0.717) is 5.92 Å². The van der Waals surface area contributed by atoms with Crippen molar-refractivity contribution in [2.45, 2.75) is 19.3 Å². The van der Waals surface area contributed by atoms with Crippen LogP contribution in [0.4, 0.5) is 0 Å². The normalized spacial score (nSPS) is 22.7. The van der Waals surface area contributed by atoms with Crippen molar-refractivity contribution >= 4 is 29.9 Å². The van der Waals surface area contributed by atoms with Crippen molar-refractivity contribution in [3.8, 4) is 0 Å². The van der Waals surface area contributed by atoms with Gasteiger partial charge in [-0.1, -0.05) is 0 Å². The van der Waals surface area contributed by atoms with Crippen molar-refractivity contribution in [2.75, 3.05) is 73.2 Å². The second-order valence-corrected chi connectivity index (χ2v) is 6.25. The molecule has 0 aromatic rings. The highest BCUT2D eigenvalue weighted by Crippen LogP contribution is 2.13. The highest BCUT2D eigenvalue weighted by atomic mass is 127. The van der Waals surface area contributed by atoms with Crippen LogP contribution in [-0.2, 0) is 9.47 Å². The molecular formula is C16H33IN4O2. The highest BCUT2D eigenvalue weighted by molar-refractivity contribution is 14.0. The third-order valence-corrected chi connectivity index (χ3v) is 4.42. The Labute approximate surface area is 158 Å². The molecule has 0 spiro atoms. The van der Waals surface area contributed by atoms with Crippen molar-refractivity contribution in [3.63, 3.8) is 0 Å². The summed E-state index contributed by atoms with van der Waals surface area (Å²) in [5.41, 5.74) is 0. The molecule has 2 rings (SSSR count). The lowest BCUT2D eigenvalue weighted by Crippen LogP contribution is -2.42. The topological polar surface area (TPSA) is 49.3 Å². The average molecular weight is 440 g/mol. The third kappa shape index (κ3) is 8.00. The zero-order valence-corrected chi connectivity index (χ0v) is 17.0. The van der Waals surface area contributed by atoms with Gasteiger partial charge in [-0.25, -0.2) is 0 Å². The summed E-state index contributed by atoms with van der Waals surface area (Å²) in [6.45, 7) is 8.94. The number of morpholine rings is 1. The maximum Gasteiger partial charge on any atom is 0.193 e. The lowest BCUT2D eigenvalue weighted by atomic mass is 10.1. The predicted octanol–water partition coefficient (Wildman–Crippen LogP) is 1.26. The zero-order valence-electron chi connectivity index (χ0n) is 14.6. The molecule has 0 amide bonds. The molecule has 136 valence electrons. The second-order valence-electron chi connectivity index (χ2n) is 6.25. The van der Waals surface area contributed by atoms with Gasteiger partial charge in [0.15, 0.2) is 5.96 Å². The lowest BCUT2D eigenvalue weighted by molar-refractivity contribution is 0.0372. The van der Waals surface area contributed by atoms with Gasteiger partial charge in [0.1, 0.15) is 0 Å². The molecule has 1 N–H and O–H groups in total. The Bertz CT molecular complexity index is 332. The van der Waals surface area contributed by atoms with Crippen LogP contribution in [0.15, 0.2) is 4.99 Å². The molecule has 6 nitrogen and oxygen atoms in total. The monoisotopic (exact) mass is 440 g/mol. The van der Waals surface area contributed by atoms with Crippen molar-refractivity contribution in [3.05, 3.63) is 0 Å². The van der Waals surface area contributed by atoms with Crippen LogP contribution in [0.25, 0.3) is 0 Å². The maximum absolute atomic E-state index is 5.44. The van der Waals surface area contributed by atoms with E-state index in [-0.39, 0.29) is 24.0 Å². The SMILES string of the molecule is CN=C(NCCCCN1CCOCC1)N(C)CC1CCOC1.I. The van der Waals surface area contributed by atoms with E-state index in [2.05, 4.69) is 27.2 Å². The van der Waals surface area contributed by atoms with Gasteiger partial charge in [-0.05, 0) is 25.8 Å². The molecule has 7 heteroatoms. The van der Waals surface area contributed by atoms with Gasteiger partial charge in [0.25, 0.3) is 0 Å². The van der Waals surface area contributed by atoms with Crippen LogP contribution < -0.4 is 5.32 Å². The Kier molecular flexibility index (Phi) is 11.2. The Morgan fingerprint density at radius 3 is 2.65 bits per heavy atom. The molecule has 0 aromatic heterocycles. The fourth-order valence-electron chi connectivity index (χ4n) is 3.07. The molecular weight excluding hydrogens is 407 g/mol. The summed E-state index contributed by atoms with van der Waals surface area (Å²) >= 11 is 0. The number of guanidine groups is 1. The van der Waals surface area contributed by atoms with E-state index in [0.717, 1.165) is 58.6 Å². The lowest BCUT2D eigenvalue weighted by Gasteiger charge is -2.27. The minimum Gasteiger partial charge on any atom is -0.381 e. The zero-order chi connectivity index (χ0) is 15.6. The van der Waals surface area contributed by atoms with Crippen LogP contribution in [0, 0.1) is 5.92 Å². The molecule has 0 aliphatic carbocycles. The summed E-state index contributed by atoms with van der Waals surface area (Å²) in [5, 5.41) is 3.47. The number of nitrogens with zero attached hydrogens (tertiary/aromatic N) is 3. The first kappa shape index (κ1) is 20.9. The first-order valence-electron chi connectivity index (χ1n) is 8.59. The highest BCUT2D eigenvalue weighted by Gasteiger charge is 2.18. The molecule has 0 saturated carbocycles. The molecule has 1 atom stereocenters. The Morgan fingerprint density at radius 2 is 2.00 bits per heavy atom. The van der Waals surface area contributed by atoms with E-state index >= 15 is 0 Å². The number of aliphatic imine (C=N–C) groups is 1. The molecule has 2 aliphatic rings. The maximum atomic E-state index is 5.44. The standard InChI is InChI=1S/C16H32N4O2.HI/c1-17-16(19(2)13-15-5-10-22-14-15)18-6-3-4-7-20-8-11-21-12-9-20;/h15H,3-14H2,1-2H3,(H,17,18);1H. The molecule has 0 radical (unpaired) electrons. The van der Waals surface area contributed by atoms with Gasteiger partial charge in [-0.15, -0.1) is 24.0 Å². The van der Waals surface area contributed by atoms with E-state index < -0.39 is 0 Å². The van der Waals surface area contributed by atoms with E-state index in [9.17, 15) is 0 Å². The molecule has 2 heterocycles. The first-order chi connectivity index (χ1) is 10.8. The molecule has 2 aliphatic heterocycles. The van der Waals surface area contributed by atoms with Crippen molar-refractivity contribution in [1.29, 1.82) is 0 Å². The predicted molar refractivity (Wildman–Crippen MR) is 105 cm³/mol. The summed E-state index contributed by atoms with van der Waals surface area (Å²) in [5.74, 6) is 1.64. The first-order valence-corrected chi connectivity index (χ1v) is 8.59. The van der Waals surface area contributed by atoms with Gasteiger partial charge in [0.05, 0.1) is 19.8 Å². The van der Waals surface area contributed by atoms with Crippen molar-refractivity contribution in [1.82, 2.24) is 15.1 Å². The summed E-state index contributed by atoms with van der Waals surface area (Å²) in [4.78, 5) is 9.10. The number of hydrogen-bond acceptors (Lipinski definition) is 4.